The maximum atomic E-state index is 3.76. The van der Waals surface area contributed by atoms with Crippen LogP contribution in [0.1, 0.15) is 44.2 Å². The minimum Gasteiger partial charge on any atom is -0.311 e. The Kier molecular flexibility index (Phi) is 3.88. The average molecular weight is 231 g/mol. The second-order valence-corrected chi connectivity index (χ2v) is 5.77. The third-order valence-corrected chi connectivity index (χ3v) is 4.48. The van der Waals surface area contributed by atoms with Crippen LogP contribution in [0.4, 0.5) is 0 Å². The van der Waals surface area contributed by atoms with Gasteiger partial charge in [-0.1, -0.05) is 38.1 Å². The number of aryl methyl sites for hydroxylation is 2. The van der Waals surface area contributed by atoms with Crippen molar-refractivity contribution in [1.82, 2.24) is 5.32 Å². The van der Waals surface area contributed by atoms with Gasteiger partial charge in [0.15, 0.2) is 0 Å². The van der Waals surface area contributed by atoms with Gasteiger partial charge in [0.1, 0.15) is 0 Å². The van der Waals surface area contributed by atoms with Gasteiger partial charge >= 0.3 is 0 Å². The summed E-state index contributed by atoms with van der Waals surface area (Å²) in [6, 6.07) is 8.79. The molecule has 1 nitrogen and oxygen atoms in total. The van der Waals surface area contributed by atoms with E-state index in [-0.39, 0.29) is 0 Å². The second kappa shape index (κ2) is 5.22. The predicted octanol–water partition coefficient (Wildman–Crippen LogP) is 3.71. The molecule has 0 aromatic heterocycles. The van der Waals surface area contributed by atoms with E-state index in [1.165, 1.54) is 43.4 Å². The first-order valence-corrected chi connectivity index (χ1v) is 6.93. The topological polar surface area (TPSA) is 12.0 Å². The minimum atomic E-state index is 0.391. The molecule has 0 spiro atoms. The van der Waals surface area contributed by atoms with E-state index in [2.05, 4.69) is 50.4 Å². The van der Waals surface area contributed by atoms with Crippen molar-refractivity contribution in [3.05, 3.63) is 35.4 Å². The highest BCUT2D eigenvalue weighted by Crippen LogP contribution is 2.32. The van der Waals surface area contributed by atoms with Crippen molar-refractivity contribution in [2.24, 2.45) is 5.92 Å². The van der Waals surface area contributed by atoms with Crippen LogP contribution in [0, 0.1) is 12.8 Å². The van der Waals surface area contributed by atoms with Crippen LogP contribution < -0.4 is 5.32 Å². The van der Waals surface area contributed by atoms with Crippen LogP contribution in [0.5, 0.6) is 0 Å². The summed E-state index contributed by atoms with van der Waals surface area (Å²) in [5.74, 6) is 0.731. The van der Waals surface area contributed by atoms with Gasteiger partial charge in [-0.3, -0.25) is 0 Å². The van der Waals surface area contributed by atoms with Gasteiger partial charge in [-0.25, -0.2) is 0 Å². The molecule has 1 aliphatic heterocycles. The maximum Gasteiger partial charge on any atom is 0.0208 e. The summed E-state index contributed by atoms with van der Waals surface area (Å²) >= 11 is 0. The highest BCUT2D eigenvalue weighted by Gasteiger charge is 2.35. The molecule has 0 amide bonds. The normalized spacial score (nSPS) is 24.5. The Morgan fingerprint density at radius 1 is 1.29 bits per heavy atom. The van der Waals surface area contributed by atoms with Gasteiger partial charge in [0.25, 0.3) is 0 Å². The molecular formula is C16H25N. The molecule has 1 unspecified atom stereocenters. The monoisotopic (exact) mass is 231 g/mol. The molecule has 0 bridgehead atoms. The third-order valence-electron chi connectivity index (χ3n) is 4.48. The Bertz CT molecular complexity index is 362. The number of hydrogen-bond acceptors (Lipinski definition) is 1. The molecule has 94 valence electrons. The van der Waals surface area contributed by atoms with Crippen LogP contribution in [-0.2, 0) is 6.42 Å². The Morgan fingerprint density at radius 3 is 2.65 bits per heavy atom. The Labute approximate surface area is 106 Å². The van der Waals surface area contributed by atoms with Gasteiger partial charge in [-0.2, -0.15) is 0 Å². The molecule has 1 heteroatoms. The smallest absolute Gasteiger partial charge is 0.0208 e. The van der Waals surface area contributed by atoms with E-state index in [1.807, 2.05) is 0 Å². The van der Waals surface area contributed by atoms with Crippen molar-refractivity contribution >= 4 is 0 Å². The van der Waals surface area contributed by atoms with E-state index in [0.29, 0.717) is 5.54 Å². The van der Waals surface area contributed by atoms with E-state index in [4.69, 9.17) is 0 Å². The molecule has 1 aliphatic rings. The first-order valence-electron chi connectivity index (χ1n) is 6.93. The van der Waals surface area contributed by atoms with Crippen molar-refractivity contribution in [2.45, 2.75) is 52.0 Å². The summed E-state index contributed by atoms with van der Waals surface area (Å²) in [6.45, 7) is 8.14. The molecule has 0 saturated carbocycles. The van der Waals surface area contributed by atoms with Crippen LogP contribution >= 0.6 is 0 Å². The van der Waals surface area contributed by atoms with Crippen LogP contribution in [0.15, 0.2) is 24.3 Å². The molecule has 17 heavy (non-hydrogen) atoms. The summed E-state index contributed by atoms with van der Waals surface area (Å²) < 4.78 is 0. The van der Waals surface area contributed by atoms with Gasteiger partial charge in [0.2, 0.25) is 0 Å². The zero-order valence-corrected chi connectivity index (χ0v) is 11.4. The van der Waals surface area contributed by atoms with Crippen molar-refractivity contribution in [2.75, 3.05) is 6.54 Å². The first kappa shape index (κ1) is 12.6. The first-order chi connectivity index (χ1) is 8.14. The lowest BCUT2D eigenvalue weighted by Crippen LogP contribution is -2.45. The van der Waals surface area contributed by atoms with E-state index in [9.17, 15) is 0 Å². The Balaban J connectivity index is 2.03. The lowest BCUT2D eigenvalue weighted by atomic mass is 9.80. The summed E-state index contributed by atoms with van der Waals surface area (Å²) in [5, 5.41) is 3.76. The molecule has 1 heterocycles. The second-order valence-electron chi connectivity index (χ2n) is 5.77. The van der Waals surface area contributed by atoms with Crippen molar-refractivity contribution < 1.29 is 0 Å². The standard InChI is InChI=1S/C16H25N/c1-13(2)16(10-6-12-17-16)11-9-15-8-5-4-7-14(15)3/h4-5,7-8,13,17H,6,9-12H2,1-3H3. The highest BCUT2D eigenvalue weighted by atomic mass is 15.0. The van der Waals surface area contributed by atoms with Crippen LogP contribution in [0.3, 0.4) is 0 Å². The lowest BCUT2D eigenvalue weighted by Gasteiger charge is -2.34. The highest BCUT2D eigenvalue weighted by molar-refractivity contribution is 5.26. The molecule has 0 radical (unpaired) electrons. The molecule has 1 N–H and O–H groups in total. The van der Waals surface area contributed by atoms with Crippen molar-refractivity contribution in [1.29, 1.82) is 0 Å². The SMILES string of the molecule is Cc1ccccc1CCC1(C(C)C)CCCN1. The van der Waals surface area contributed by atoms with E-state index < -0.39 is 0 Å². The fourth-order valence-corrected chi connectivity index (χ4v) is 3.07. The number of benzene rings is 1. The fraction of sp³-hybridized carbons (Fsp3) is 0.625. The van der Waals surface area contributed by atoms with Crippen LogP contribution in [0.25, 0.3) is 0 Å². The largest absolute Gasteiger partial charge is 0.311 e. The minimum absolute atomic E-state index is 0.391. The summed E-state index contributed by atoms with van der Waals surface area (Å²) in [7, 11) is 0. The van der Waals surface area contributed by atoms with Gasteiger partial charge in [0, 0.05) is 5.54 Å². The molecule has 1 aromatic carbocycles. The quantitative estimate of drug-likeness (QED) is 0.833. The van der Waals surface area contributed by atoms with Crippen LogP contribution in [-0.4, -0.2) is 12.1 Å². The van der Waals surface area contributed by atoms with E-state index >= 15 is 0 Å². The Hall–Kier alpha value is -0.820. The molecule has 1 aromatic rings. The van der Waals surface area contributed by atoms with Gasteiger partial charge in [0.05, 0.1) is 0 Å². The molecule has 0 aliphatic carbocycles. The number of hydrogen-bond donors (Lipinski definition) is 1. The summed E-state index contributed by atoms with van der Waals surface area (Å²) in [6.07, 6.45) is 5.16. The van der Waals surface area contributed by atoms with Crippen LogP contribution in [0.2, 0.25) is 0 Å². The van der Waals surface area contributed by atoms with Crippen molar-refractivity contribution in [3.63, 3.8) is 0 Å². The number of nitrogens with one attached hydrogen (secondary N) is 1. The number of rotatable bonds is 4. The molecule has 1 saturated heterocycles. The van der Waals surface area contributed by atoms with E-state index in [0.717, 1.165) is 5.92 Å². The zero-order chi connectivity index (χ0) is 12.3. The summed E-state index contributed by atoms with van der Waals surface area (Å²) in [5.41, 5.74) is 3.34. The molecule has 2 rings (SSSR count). The third kappa shape index (κ3) is 2.71. The van der Waals surface area contributed by atoms with Gasteiger partial charge in [-0.05, 0) is 56.2 Å². The summed E-state index contributed by atoms with van der Waals surface area (Å²) in [4.78, 5) is 0. The fourth-order valence-electron chi connectivity index (χ4n) is 3.07. The lowest BCUT2D eigenvalue weighted by molar-refractivity contribution is 0.252. The maximum absolute atomic E-state index is 3.76. The van der Waals surface area contributed by atoms with Crippen molar-refractivity contribution in [3.8, 4) is 0 Å². The molecule has 1 fully saturated rings. The predicted molar refractivity (Wildman–Crippen MR) is 74.3 cm³/mol. The molecule has 1 atom stereocenters. The van der Waals surface area contributed by atoms with Gasteiger partial charge < -0.3 is 5.32 Å². The zero-order valence-electron chi connectivity index (χ0n) is 11.4. The van der Waals surface area contributed by atoms with Gasteiger partial charge in [-0.15, -0.1) is 0 Å². The Morgan fingerprint density at radius 2 is 2.06 bits per heavy atom. The average Bonchev–Trinajstić information content (AvgIpc) is 2.78. The van der Waals surface area contributed by atoms with E-state index in [1.54, 1.807) is 0 Å². The molecular weight excluding hydrogens is 206 g/mol.